The minimum Gasteiger partial charge on any atom is -0.507 e. The van der Waals surface area contributed by atoms with E-state index in [9.17, 15) is 5.11 Å². The largest absolute Gasteiger partial charge is 0.507 e. The number of fused-ring (bicyclic) bond motifs is 1. The van der Waals surface area contributed by atoms with E-state index < -0.39 is 0 Å². The van der Waals surface area contributed by atoms with E-state index in [1.807, 2.05) is 35.6 Å². The van der Waals surface area contributed by atoms with Gasteiger partial charge in [-0.25, -0.2) is 0 Å². The summed E-state index contributed by atoms with van der Waals surface area (Å²) in [5.74, 6) is 0.325. The van der Waals surface area contributed by atoms with Crippen LogP contribution in [0.1, 0.15) is 22.7 Å². The third-order valence-corrected chi connectivity index (χ3v) is 4.64. The van der Waals surface area contributed by atoms with Crippen LogP contribution in [0.15, 0.2) is 48.5 Å². The van der Waals surface area contributed by atoms with Gasteiger partial charge in [0.1, 0.15) is 5.75 Å². The number of rotatable bonds is 3. The number of anilines is 1. The number of nitrogens with one attached hydrogen (secondary N) is 1. The molecule has 0 saturated heterocycles. The van der Waals surface area contributed by atoms with Crippen molar-refractivity contribution in [1.29, 1.82) is 0 Å². The Bertz CT molecular complexity index is 748. The molecule has 2 nitrogen and oxygen atoms in total. The maximum absolute atomic E-state index is 9.92. The molecule has 3 aromatic rings. The highest BCUT2D eigenvalue weighted by Crippen LogP contribution is 2.32. The molecular weight excluding hydrogens is 266 g/mol. The lowest BCUT2D eigenvalue weighted by Gasteiger charge is -2.16. The van der Waals surface area contributed by atoms with Gasteiger partial charge in [-0.1, -0.05) is 24.3 Å². The van der Waals surface area contributed by atoms with Crippen LogP contribution in [0.2, 0.25) is 0 Å². The average molecular weight is 283 g/mol. The summed E-state index contributed by atoms with van der Waals surface area (Å²) in [7, 11) is 0. The van der Waals surface area contributed by atoms with Gasteiger partial charge < -0.3 is 10.4 Å². The highest BCUT2D eigenvalue weighted by Gasteiger charge is 2.10. The lowest BCUT2D eigenvalue weighted by molar-refractivity contribution is 0.481. The molecule has 0 aliphatic rings. The molecule has 2 N–H and O–H groups in total. The SMILES string of the molecule is Cc1ccc(C(C)Nc2cccc3c(O)cccc23)s1. The van der Waals surface area contributed by atoms with E-state index in [2.05, 4.69) is 37.4 Å². The third-order valence-electron chi connectivity index (χ3n) is 3.46. The molecule has 0 radical (unpaired) electrons. The van der Waals surface area contributed by atoms with E-state index in [0.29, 0.717) is 5.75 Å². The molecule has 1 heterocycles. The smallest absolute Gasteiger partial charge is 0.123 e. The molecule has 3 rings (SSSR count). The van der Waals surface area contributed by atoms with E-state index in [0.717, 1.165) is 16.5 Å². The second-order valence-corrected chi connectivity index (χ2v) is 6.31. The van der Waals surface area contributed by atoms with Gasteiger partial charge in [0.25, 0.3) is 0 Å². The van der Waals surface area contributed by atoms with E-state index >= 15 is 0 Å². The maximum atomic E-state index is 9.92. The first-order valence-corrected chi connectivity index (χ1v) is 7.50. The molecule has 102 valence electrons. The number of phenolic OH excluding ortho intramolecular Hbond substituents is 1. The molecule has 3 heteroatoms. The Kier molecular flexibility index (Phi) is 3.36. The summed E-state index contributed by atoms with van der Waals surface area (Å²) >= 11 is 1.81. The molecule has 2 aromatic carbocycles. The molecule has 1 aromatic heterocycles. The van der Waals surface area contributed by atoms with Gasteiger partial charge in [0.2, 0.25) is 0 Å². The first-order chi connectivity index (χ1) is 9.65. The van der Waals surface area contributed by atoms with Crippen molar-refractivity contribution in [2.75, 3.05) is 5.32 Å². The summed E-state index contributed by atoms with van der Waals surface area (Å²) in [4.78, 5) is 2.64. The van der Waals surface area contributed by atoms with Crippen LogP contribution in [0.3, 0.4) is 0 Å². The molecule has 0 aliphatic carbocycles. The van der Waals surface area contributed by atoms with Gasteiger partial charge in [0, 0.05) is 26.2 Å². The molecule has 1 atom stereocenters. The van der Waals surface area contributed by atoms with Crippen molar-refractivity contribution in [3.05, 3.63) is 58.3 Å². The van der Waals surface area contributed by atoms with Gasteiger partial charge in [-0.2, -0.15) is 0 Å². The van der Waals surface area contributed by atoms with Gasteiger partial charge in [0.05, 0.1) is 6.04 Å². The molecule has 0 fully saturated rings. The van der Waals surface area contributed by atoms with Crippen LogP contribution in [-0.4, -0.2) is 5.11 Å². The highest BCUT2D eigenvalue weighted by atomic mass is 32.1. The Morgan fingerprint density at radius 1 is 1.00 bits per heavy atom. The van der Waals surface area contributed by atoms with Crippen LogP contribution in [0, 0.1) is 6.92 Å². The highest BCUT2D eigenvalue weighted by molar-refractivity contribution is 7.12. The molecule has 0 aliphatic heterocycles. The van der Waals surface area contributed by atoms with Gasteiger partial charge in [0.15, 0.2) is 0 Å². The zero-order chi connectivity index (χ0) is 14.1. The van der Waals surface area contributed by atoms with Crippen LogP contribution in [0.25, 0.3) is 10.8 Å². The minimum absolute atomic E-state index is 0.252. The Morgan fingerprint density at radius 3 is 2.50 bits per heavy atom. The van der Waals surface area contributed by atoms with Crippen molar-refractivity contribution in [2.45, 2.75) is 19.9 Å². The second kappa shape index (κ2) is 5.17. The summed E-state index contributed by atoms with van der Waals surface area (Å²) in [6.45, 7) is 4.28. The lowest BCUT2D eigenvalue weighted by atomic mass is 10.1. The Labute approximate surface area is 122 Å². The second-order valence-electron chi connectivity index (χ2n) is 4.99. The number of hydrogen-bond acceptors (Lipinski definition) is 3. The summed E-state index contributed by atoms with van der Waals surface area (Å²) < 4.78 is 0. The number of thiophene rings is 1. The zero-order valence-corrected chi connectivity index (χ0v) is 12.4. The zero-order valence-electron chi connectivity index (χ0n) is 11.6. The monoisotopic (exact) mass is 283 g/mol. The Morgan fingerprint density at radius 2 is 1.75 bits per heavy atom. The molecule has 0 amide bonds. The molecule has 0 saturated carbocycles. The number of aryl methyl sites for hydroxylation is 1. The van der Waals surface area contributed by atoms with Crippen molar-refractivity contribution in [2.24, 2.45) is 0 Å². The summed E-state index contributed by atoms with van der Waals surface area (Å²) in [6.07, 6.45) is 0. The fourth-order valence-corrected chi connectivity index (χ4v) is 3.29. The lowest BCUT2D eigenvalue weighted by Crippen LogP contribution is -2.05. The molecule has 20 heavy (non-hydrogen) atoms. The normalized spacial score (nSPS) is 12.5. The number of aromatic hydroxyl groups is 1. The van der Waals surface area contributed by atoms with Gasteiger partial charge in [-0.05, 0) is 38.1 Å². The average Bonchev–Trinajstić information content (AvgIpc) is 2.87. The summed E-state index contributed by atoms with van der Waals surface area (Å²) in [6, 6.07) is 16.2. The molecule has 0 spiro atoms. The third kappa shape index (κ3) is 2.37. The molecule has 0 bridgehead atoms. The van der Waals surface area contributed by atoms with E-state index in [-0.39, 0.29) is 6.04 Å². The predicted octanol–water partition coefficient (Wildman–Crippen LogP) is 5.09. The van der Waals surface area contributed by atoms with Crippen LogP contribution in [-0.2, 0) is 0 Å². The van der Waals surface area contributed by atoms with Crippen LogP contribution in [0.4, 0.5) is 5.69 Å². The van der Waals surface area contributed by atoms with E-state index in [4.69, 9.17) is 0 Å². The molecule has 1 unspecified atom stereocenters. The van der Waals surface area contributed by atoms with Gasteiger partial charge in [-0.15, -0.1) is 11.3 Å². The number of hydrogen-bond donors (Lipinski definition) is 2. The molecular formula is C17H17NOS. The topological polar surface area (TPSA) is 32.3 Å². The van der Waals surface area contributed by atoms with Gasteiger partial charge >= 0.3 is 0 Å². The number of phenols is 1. The van der Waals surface area contributed by atoms with Crippen molar-refractivity contribution >= 4 is 27.8 Å². The minimum atomic E-state index is 0.252. The number of benzene rings is 2. The van der Waals surface area contributed by atoms with Crippen molar-refractivity contribution in [1.82, 2.24) is 0 Å². The fourth-order valence-electron chi connectivity index (χ4n) is 2.41. The Hall–Kier alpha value is -2.00. The first-order valence-electron chi connectivity index (χ1n) is 6.69. The van der Waals surface area contributed by atoms with Crippen molar-refractivity contribution in [3.63, 3.8) is 0 Å². The summed E-state index contributed by atoms with van der Waals surface area (Å²) in [5.41, 5.74) is 1.05. The predicted molar refractivity (Wildman–Crippen MR) is 86.7 cm³/mol. The Balaban J connectivity index is 1.97. The van der Waals surface area contributed by atoms with E-state index in [1.54, 1.807) is 6.07 Å². The van der Waals surface area contributed by atoms with E-state index in [1.165, 1.54) is 9.75 Å². The van der Waals surface area contributed by atoms with Crippen LogP contribution in [0.5, 0.6) is 5.75 Å². The van der Waals surface area contributed by atoms with Crippen molar-refractivity contribution < 1.29 is 5.11 Å². The standard InChI is InChI=1S/C17H17NOS/c1-11-9-10-17(20-11)12(2)18-15-7-3-6-14-13(15)5-4-8-16(14)19/h3-10,12,18-19H,1-2H3. The first kappa shape index (κ1) is 13.0. The van der Waals surface area contributed by atoms with Crippen LogP contribution < -0.4 is 5.32 Å². The van der Waals surface area contributed by atoms with Gasteiger partial charge in [-0.3, -0.25) is 0 Å². The van der Waals surface area contributed by atoms with Crippen LogP contribution >= 0.6 is 11.3 Å². The van der Waals surface area contributed by atoms with Crippen molar-refractivity contribution in [3.8, 4) is 5.75 Å². The fraction of sp³-hybridized carbons (Fsp3) is 0.176. The maximum Gasteiger partial charge on any atom is 0.123 e. The quantitative estimate of drug-likeness (QED) is 0.702. The summed E-state index contributed by atoms with van der Waals surface area (Å²) in [5, 5.41) is 15.4.